The summed E-state index contributed by atoms with van der Waals surface area (Å²) in [5.74, 6) is -0.153. The fraction of sp³-hybridized carbons (Fsp3) is 0.0909. The van der Waals surface area contributed by atoms with Crippen LogP contribution in [0.5, 0.6) is 5.75 Å². The lowest BCUT2D eigenvalue weighted by atomic mass is 10.2. The molecule has 0 aliphatic heterocycles. The molecule has 11 heteroatoms. The third-order valence-electron chi connectivity index (χ3n) is 4.40. The molecule has 0 heterocycles. The van der Waals surface area contributed by atoms with Crippen molar-refractivity contribution in [3.05, 3.63) is 87.4 Å². The van der Waals surface area contributed by atoms with Crippen LogP contribution in [0.15, 0.2) is 76.7 Å². The summed E-state index contributed by atoms with van der Waals surface area (Å²) >= 11 is 17.8. The number of halogens is 3. The minimum Gasteiger partial charge on any atom is -0.497 e. The van der Waals surface area contributed by atoms with Crippen LogP contribution < -0.4 is 14.5 Å². The van der Waals surface area contributed by atoms with Crippen molar-refractivity contribution in [1.82, 2.24) is 5.43 Å². The van der Waals surface area contributed by atoms with Crippen LogP contribution in [0.3, 0.4) is 0 Å². The second kappa shape index (κ2) is 10.9. The Balaban J connectivity index is 1.83. The van der Waals surface area contributed by atoms with Crippen molar-refractivity contribution in [3.8, 4) is 5.75 Å². The number of amides is 1. The Kier molecular flexibility index (Phi) is 8.20. The summed E-state index contributed by atoms with van der Waals surface area (Å²) < 4.78 is 32.7. The Morgan fingerprint density at radius 1 is 1.00 bits per heavy atom. The number of ether oxygens (including phenoxy) is 1. The normalized spacial score (nSPS) is 11.4. The molecule has 172 valence electrons. The van der Waals surface area contributed by atoms with Gasteiger partial charge in [-0.1, -0.05) is 40.9 Å². The summed E-state index contributed by atoms with van der Waals surface area (Å²) in [4.78, 5) is 12.6. The van der Waals surface area contributed by atoms with Crippen molar-refractivity contribution < 1.29 is 17.9 Å². The fourth-order valence-electron chi connectivity index (χ4n) is 2.73. The molecule has 0 spiro atoms. The highest BCUT2D eigenvalue weighted by Crippen LogP contribution is 2.26. The number of hydrogen-bond acceptors (Lipinski definition) is 5. The number of nitrogens with one attached hydrogen (secondary N) is 1. The standard InChI is InChI=1S/C22H18Cl3N3O4S/c1-32-18-7-9-19(10-8-18)33(30,31)28(17-5-3-16(23)4-6-17)14-22(29)27-26-13-15-2-11-20(24)21(25)12-15/h2-13H,14H2,1H3,(H,27,29)/b26-13+. The van der Waals surface area contributed by atoms with Crippen molar-refractivity contribution in [1.29, 1.82) is 0 Å². The number of hydrazone groups is 1. The summed E-state index contributed by atoms with van der Waals surface area (Å²) in [5, 5.41) is 5.02. The quantitative estimate of drug-likeness (QED) is 0.330. The highest BCUT2D eigenvalue weighted by atomic mass is 35.5. The molecule has 0 saturated heterocycles. The molecule has 3 aromatic carbocycles. The van der Waals surface area contributed by atoms with Crippen molar-refractivity contribution in [3.63, 3.8) is 0 Å². The maximum Gasteiger partial charge on any atom is 0.264 e. The molecule has 0 saturated carbocycles. The van der Waals surface area contributed by atoms with Crippen molar-refractivity contribution in [2.75, 3.05) is 18.0 Å². The Hall–Kier alpha value is -2.78. The molecule has 0 aliphatic rings. The fourth-order valence-corrected chi connectivity index (χ4v) is 4.59. The van der Waals surface area contributed by atoms with Gasteiger partial charge in [0.25, 0.3) is 15.9 Å². The number of benzene rings is 3. The average Bonchev–Trinajstić information content (AvgIpc) is 2.80. The van der Waals surface area contributed by atoms with Gasteiger partial charge in [-0.05, 0) is 66.2 Å². The first-order chi connectivity index (χ1) is 15.7. The smallest absolute Gasteiger partial charge is 0.264 e. The zero-order valence-corrected chi connectivity index (χ0v) is 20.3. The second-order valence-corrected chi connectivity index (χ2v) is 9.74. The molecular formula is C22H18Cl3N3O4S. The lowest BCUT2D eigenvalue weighted by molar-refractivity contribution is -0.119. The van der Waals surface area contributed by atoms with E-state index in [1.807, 2.05) is 0 Å². The Morgan fingerprint density at radius 3 is 2.27 bits per heavy atom. The largest absolute Gasteiger partial charge is 0.497 e. The first-order valence-electron chi connectivity index (χ1n) is 9.40. The Morgan fingerprint density at radius 2 is 1.67 bits per heavy atom. The Bertz CT molecular complexity index is 1270. The van der Waals surface area contributed by atoms with Crippen LogP contribution >= 0.6 is 34.8 Å². The first kappa shape index (κ1) is 24.9. The lowest BCUT2D eigenvalue weighted by Gasteiger charge is -2.23. The third kappa shape index (κ3) is 6.39. The minimum absolute atomic E-state index is 0.00893. The molecule has 1 N–H and O–H groups in total. The van der Waals surface area contributed by atoms with Gasteiger partial charge in [0.2, 0.25) is 0 Å². The van der Waals surface area contributed by atoms with Gasteiger partial charge in [0.15, 0.2) is 0 Å². The number of sulfonamides is 1. The van der Waals surface area contributed by atoms with Gasteiger partial charge in [0, 0.05) is 5.02 Å². The molecular weight excluding hydrogens is 509 g/mol. The van der Waals surface area contributed by atoms with Crippen LogP contribution in [0.4, 0.5) is 5.69 Å². The van der Waals surface area contributed by atoms with Crippen LogP contribution in [0.25, 0.3) is 0 Å². The predicted octanol–water partition coefficient (Wildman–Crippen LogP) is 5.00. The van der Waals surface area contributed by atoms with Gasteiger partial charge < -0.3 is 4.74 Å². The molecule has 0 aromatic heterocycles. The minimum atomic E-state index is -4.08. The molecule has 1 amide bonds. The van der Waals surface area contributed by atoms with Gasteiger partial charge in [-0.2, -0.15) is 5.10 Å². The highest BCUT2D eigenvalue weighted by molar-refractivity contribution is 7.92. The SMILES string of the molecule is COc1ccc(S(=O)(=O)N(CC(=O)N/N=C/c2ccc(Cl)c(Cl)c2)c2ccc(Cl)cc2)cc1. The van der Waals surface area contributed by atoms with Crippen LogP contribution in [-0.2, 0) is 14.8 Å². The number of anilines is 1. The molecule has 0 aliphatic carbocycles. The van der Waals surface area contributed by atoms with E-state index in [1.54, 1.807) is 18.2 Å². The third-order valence-corrected chi connectivity index (χ3v) is 7.17. The van der Waals surface area contributed by atoms with E-state index in [4.69, 9.17) is 39.5 Å². The van der Waals surface area contributed by atoms with E-state index < -0.39 is 22.5 Å². The number of nitrogens with zero attached hydrogens (tertiary/aromatic N) is 2. The maximum absolute atomic E-state index is 13.3. The molecule has 3 aromatic rings. The zero-order chi connectivity index (χ0) is 24.0. The molecule has 0 radical (unpaired) electrons. The average molecular weight is 527 g/mol. The van der Waals surface area contributed by atoms with Gasteiger partial charge in [-0.3, -0.25) is 9.10 Å². The van der Waals surface area contributed by atoms with Crippen molar-refractivity contribution in [2.45, 2.75) is 4.90 Å². The van der Waals surface area contributed by atoms with E-state index in [0.29, 0.717) is 26.4 Å². The zero-order valence-electron chi connectivity index (χ0n) is 17.2. The number of methoxy groups -OCH3 is 1. The van der Waals surface area contributed by atoms with Crippen LogP contribution in [0.1, 0.15) is 5.56 Å². The molecule has 0 unspecified atom stereocenters. The van der Waals surface area contributed by atoms with E-state index in [1.165, 1.54) is 61.9 Å². The second-order valence-electron chi connectivity index (χ2n) is 6.63. The van der Waals surface area contributed by atoms with Gasteiger partial charge in [-0.15, -0.1) is 0 Å². The van der Waals surface area contributed by atoms with E-state index >= 15 is 0 Å². The Labute approximate surface area is 206 Å². The topological polar surface area (TPSA) is 88.1 Å². The summed E-state index contributed by atoms with van der Waals surface area (Å²) in [6, 6.07) is 16.8. The predicted molar refractivity (Wildman–Crippen MR) is 131 cm³/mol. The summed E-state index contributed by atoms with van der Waals surface area (Å²) in [6.45, 7) is -0.519. The molecule has 0 fully saturated rings. The van der Waals surface area contributed by atoms with E-state index in [0.717, 1.165) is 4.31 Å². The molecule has 0 atom stereocenters. The first-order valence-corrected chi connectivity index (χ1v) is 12.0. The number of carbonyl (C=O) groups is 1. The van der Waals surface area contributed by atoms with Crippen LogP contribution in [0, 0.1) is 0 Å². The van der Waals surface area contributed by atoms with E-state index in [2.05, 4.69) is 10.5 Å². The van der Waals surface area contributed by atoms with Crippen LogP contribution in [0.2, 0.25) is 15.1 Å². The number of hydrogen-bond donors (Lipinski definition) is 1. The molecule has 33 heavy (non-hydrogen) atoms. The number of carbonyl (C=O) groups excluding carboxylic acids is 1. The summed E-state index contributed by atoms with van der Waals surface area (Å²) in [7, 11) is -2.61. The number of rotatable bonds is 8. The summed E-state index contributed by atoms with van der Waals surface area (Å²) in [5.41, 5.74) is 3.19. The highest BCUT2D eigenvalue weighted by Gasteiger charge is 2.27. The molecule has 0 bridgehead atoms. The molecule has 7 nitrogen and oxygen atoms in total. The van der Waals surface area contributed by atoms with Gasteiger partial charge >= 0.3 is 0 Å². The van der Waals surface area contributed by atoms with Gasteiger partial charge in [0.05, 0.1) is 34.0 Å². The van der Waals surface area contributed by atoms with Crippen LogP contribution in [-0.4, -0.2) is 34.2 Å². The molecule has 3 rings (SSSR count). The summed E-state index contributed by atoms with van der Waals surface area (Å²) in [6.07, 6.45) is 1.37. The monoisotopic (exact) mass is 525 g/mol. The van der Waals surface area contributed by atoms with E-state index in [-0.39, 0.29) is 10.6 Å². The van der Waals surface area contributed by atoms with Gasteiger partial charge in [-0.25, -0.2) is 13.8 Å². The van der Waals surface area contributed by atoms with Gasteiger partial charge in [0.1, 0.15) is 12.3 Å². The van der Waals surface area contributed by atoms with Crippen molar-refractivity contribution in [2.24, 2.45) is 5.10 Å². The maximum atomic E-state index is 13.3. The van der Waals surface area contributed by atoms with E-state index in [9.17, 15) is 13.2 Å². The lowest BCUT2D eigenvalue weighted by Crippen LogP contribution is -2.39. The van der Waals surface area contributed by atoms with Crippen molar-refractivity contribution >= 4 is 62.6 Å².